The van der Waals surface area contributed by atoms with E-state index >= 15 is 0 Å². The summed E-state index contributed by atoms with van der Waals surface area (Å²) in [6.07, 6.45) is -0.667. The van der Waals surface area contributed by atoms with Gasteiger partial charge in [0.25, 0.3) is 0 Å². The zero-order valence-corrected chi connectivity index (χ0v) is 11.1. The second kappa shape index (κ2) is 6.69. The van der Waals surface area contributed by atoms with Crippen molar-refractivity contribution in [3.05, 3.63) is 30.3 Å². The molecule has 0 heterocycles. The predicted molar refractivity (Wildman–Crippen MR) is 63.9 cm³/mol. The minimum absolute atomic E-state index is 0.0956. The van der Waals surface area contributed by atoms with Gasteiger partial charge in [-0.05, 0) is 0 Å². The van der Waals surface area contributed by atoms with E-state index in [9.17, 15) is 9.90 Å². The maximum atomic E-state index is 11.6. The van der Waals surface area contributed by atoms with Crippen molar-refractivity contribution < 1.29 is 14.6 Å². The van der Waals surface area contributed by atoms with Crippen molar-refractivity contribution in [2.24, 2.45) is 0 Å². The van der Waals surface area contributed by atoms with Crippen LogP contribution in [0.1, 0.15) is 13.8 Å². The third-order valence-corrected chi connectivity index (χ3v) is 4.87. The van der Waals surface area contributed by atoms with Gasteiger partial charge >= 0.3 is 102 Å². The van der Waals surface area contributed by atoms with Crippen LogP contribution in [0.2, 0.25) is 4.82 Å². The Morgan fingerprint density at radius 1 is 1.44 bits per heavy atom. The maximum absolute atomic E-state index is 11.6. The first-order valence-electron chi connectivity index (χ1n) is 5.21. The molecule has 2 atom stereocenters. The van der Waals surface area contributed by atoms with Gasteiger partial charge in [-0.3, -0.25) is 0 Å². The van der Waals surface area contributed by atoms with E-state index in [1.165, 1.54) is 0 Å². The van der Waals surface area contributed by atoms with Crippen LogP contribution in [0.15, 0.2) is 30.3 Å². The third kappa shape index (κ3) is 3.97. The monoisotopic (exact) mass is 288 g/mol. The Hall–Kier alpha value is -0.831. The molecular formula is C12H16O3Se. The number of carbonyl (C=O) groups excluding carboxylic acids is 1. The van der Waals surface area contributed by atoms with Gasteiger partial charge in [-0.25, -0.2) is 0 Å². The molecule has 0 fully saturated rings. The van der Waals surface area contributed by atoms with E-state index in [0.29, 0.717) is 6.61 Å². The zero-order valence-electron chi connectivity index (χ0n) is 9.42. The second-order valence-corrected chi connectivity index (χ2v) is 5.89. The molecule has 1 aromatic carbocycles. The summed E-state index contributed by atoms with van der Waals surface area (Å²) in [5.74, 6) is -0.304. The Labute approximate surface area is 102 Å². The van der Waals surface area contributed by atoms with Crippen LogP contribution in [0.3, 0.4) is 0 Å². The fraction of sp³-hybridized carbons (Fsp3) is 0.417. The van der Waals surface area contributed by atoms with Gasteiger partial charge in [0.2, 0.25) is 0 Å². The Morgan fingerprint density at radius 2 is 2.06 bits per heavy atom. The Balaban J connectivity index is 2.69. The first-order valence-corrected chi connectivity index (χ1v) is 7.06. The second-order valence-electron chi connectivity index (χ2n) is 3.34. The van der Waals surface area contributed by atoms with E-state index < -0.39 is 10.9 Å². The Bertz CT molecular complexity index is 324. The van der Waals surface area contributed by atoms with Crippen LogP contribution in [0.5, 0.6) is 0 Å². The third-order valence-electron chi connectivity index (χ3n) is 1.96. The van der Waals surface area contributed by atoms with E-state index in [1.54, 1.807) is 13.8 Å². The van der Waals surface area contributed by atoms with Gasteiger partial charge in [0.1, 0.15) is 0 Å². The van der Waals surface area contributed by atoms with Crippen molar-refractivity contribution in [2.45, 2.75) is 24.8 Å². The summed E-state index contributed by atoms with van der Waals surface area (Å²) < 4.78 is 6.05. The van der Waals surface area contributed by atoms with Crippen LogP contribution in [0.25, 0.3) is 0 Å². The molecule has 0 aromatic heterocycles. The van der Waals surface area contributed by atoms with Gasteiger partial charge in [-0.15, -0.1) is 0 Å². The van der Waals surface area contributed by atoms with Crippen LogP contribution in [0, 0.1) is 0 Å². The average Bonchev–Trinajstić information content (AvgIpc) is 2.27. The van der Waals surface area contributed by atoms with Crippen LogP contribution in [-0.4, -0.2) is 38.7 Å². The molecule has 0 unspecified atom stereocenters. The molecule has 0 saturated heterocycles. The topological polar surface area (TPSA) is 46.5 Å². The Kier molecular flexibility index (Phi) is 5.53. The molecule has 0 spiro atoms. The Morgan fingerprint density at radius 3 is 2.56 bits per heavy atom. The predicted octanol–water partition coefficient (Wildman–Crippen LogP) is 0.748. The molecule has 0 aliphatic heterocycles. The summed E-state index contributed by atoms with van der Waals surface area (Å²) in [6, 6.07) is 9.73. The van der Waals surface area contributed by atoms with Crippen molar-refractivity contribution in [2.75, 3.05) is 6.61 Å². The number of ether oxygens (including phenoxy) is 1. The SMILES string of the molecule is CCOC(=O)[C@H]([Se]c1ccccc1)[C@H](C)O. The summed E-state index contributed by atoms with van der Waals surface area (Å²) in [5.41, 5.74) is 0. The summed E-state index contributed by atoms with van der Waals surface area (Å²) in [4.78, 5) is 11.2. The van der Waals surface area contributed by atoms with Gasteiger partial charge in [0.05, 0.1) is 0 Å². The number of rotatable bonds is 5. The molecule has 0 radical (unpaired) electrons. The number of hydrogen-bond donors (Lipinski definition) is 1. The van der Waals surface area contributed by atoms with Crippen LogP contribution in [0.4, 0.5) is 0 Å². The van der Waals surface area contributed by atoms with Crippen LogP contribution >= 0.6 is 0 Å². The first kappa shape index (κ1) is 13.2. The van der Waals surface area contributed by atoms with Crippen molar-refractivity contribution in [1.29, 1.82) is 0 Å². The molecule has 1 rings (SSSR count). The van der Waals surface area contributed by atoms with Gasteiger partial charge in [0.15, 0.2) is 0 Å². The zero-order chi connectivity index (χ0) is 12.0. The van der Waals surface area contributed by atoms with Gasteiger partial charge < -0.3 is 0 Å². The molecule has 16 heavy (non-hydrogen) atoms. The van der Waals surface area contributed by atoms with Crippen molar-refractivity contribution in [3.63, 3.8) is 0 Å². The number of carbonyl (C=O) groups is 1. The van der Waals surface area contributed by atoms with Crippen molar-refractivity contribution in [3.8, 4) is 0 Å². The summed E-state index contributed by atoms with van der Waals surface area (Å²) >= 11 is -0.0956. The van der Waals surface area contributed by atoms with Gasteiger partial charge in [-0.2, -0.15) is 0 Å². The molecule has 0 saturated carbocycles. The molecule has 0 bridgehead atoms. The normalized spacial score (nSPS) is 14.2. The molecule has 3 nitrogen and oxygen atoms in total. The van der Waals surface area contributed by atoms with Crippen molar-refractivity contribution in [1.82, 2.24) is 0 Å². The molecule has 4 heteroatoms. The summed E-state index contributed by atoms with van der Waals surface area (Å²) in [5, 5.41) is 9.59. The van der Waals surface area contributed by atoms with Crippen molar-refractivity contribution >= 4 is 25.4 Å². The summed E-state index contributed by atoms with van der Waals surface area (Å²) in [7, 11) is 0. The number of benzene rings is 1. The van der Waals surface area contributed by atoms with E-state index in [2.05, 4.69) is 0 Å². The fourth-order valence-corrected chi connectivity index (χ4v) is 3.25. The van der Waals surface area contributed by atoms with Gasteiger partial charge in [-0.1, -0.05) is 0 Å². The number of aliphatic hydroxyl groups excluding tert-OH is 1. The minimum atomic E-state index is -0.667. The van der Waals surface area contributed by atoms with Gasteiger partial charge in [0, 0.05) is 0 Å². The molecule has 88 valence electrons. The van der Waals surface area contributed by atoms with E-state index in [4.69, 9.17) is 4.74 Å². The number of aliphatic hydroxyl groups is 1. The first-order chi connectivity index (χ1) is 7.65. The quantitative estimate of drug-likeness (QED) is 0.642. The number of esters is 1. The van der Waals surface area contributed by atoms with E-state index in [1.807, 2.05) is 30.3 Å². The summed E-state index contributed by atoms with van der Waals surface area (Å²) in [6.45, 7) is 3.76. The molecule has 1 N–H and O–H groups in total. The molecule has 1 aromatic rings. The number of hydrogen-bond acceptors (Lipinski definition) is 3. The molecular weight excluding hydrogens is 271 g/mol. The average molecular weight is 287 g/mol. The van der Waals surface area contributed by atoms with E-state index in [0.717, 1.165) is 4.46 Å². The van der Waals surface area contributed by atoms with E-state index in [-0.39, 0.29) is 20.9 Å². The fourth-order valence-electron chi connectivity index (χ4n) is 1.21. The standard InChI is InChI=1S/C12H16O3Se/c1-3-15-12(14)11(9(2)13)16-10-7-5-4-6-8-10/h4-9,11,13H,3H2,1-2H3/t9-,11+/m0/s1. The van der Waals surface area contributed by atoms with Crippen LogP contribution < -0.4 is 4.46 Å². The molecule has 0 aliphatic rings. The molecule has 0 aliphatic carbocycles. The van der Waals surface area contributed by atoms with Crippen LogP contribution in [-0.2, 0) is 9.53 Å². The molecule has 0 amide bonds.